The third kappa shape index (κ3) is 4.46. The van der Waals surface area contributed by atoms with Crippen molar-refractivity contribution in [1.29, 1.82) is 0 Å². The number of hydrogen-bond acceptors (Lipinski definition) is 4. The SMILES string of the molecule is CCCCC(CC)(CSc1cc(OC)c(Cl)cc1N)C(=O)O. The smallest absolute Gasteiger partial charge is 0.310 e. The van der Waals surface area contributed by atoms with Crippen LogP contribution in [0.3, 0.4) is 0 Å². The van der Waals surface area contributed by atoms with E-state index < -0.39 is 11.4 Å². The van der Waals surface area contributed by atoms with Crippen molar-refractivity contribution in [3.63, 3.8) is 0 Å². The van der Waals surface area contributed by atoms with Gasteiger partial charge in [-0.3, -0.25) is 4.79 Å². The fraction of sp³-hybridized carbons (Fsp3) is 0.562. The van der Waals surface area contributed by atoms with Gasteiger partial charge in [0.1, 0.15) is 5.75 Å². The molecule has 0 bridgehead atoms. The van der Waals surface area contributed by atoms with E-state index in [4.69, 9.17) is 22.1 Å². The van der Waals surface area contributed by atoms with Crippen molar-refractivity contribution in [2.75, 3.05) is 18.6 Å². The molecule has 0 aromatic heterocycles. The maximum absolute atomic E-state index is 11.8. The van der Waals surface area contributed by atoms with Gasteiger partial charge in [0.25, 0.3) is 0 Å². The van der Waals surface area contributed by atoms with Gasteiger partial charge in [-0.25, -0.2) is 0 Å². The van der Waals surface area contributed by atoms with Crippen molar-refractivity contribution in [1.82, 2.24) is 0 Å². The first-order valence-electron chi connectivity index (χ1n) is 7.39. The number of methoxy groups -OCH3 is 1. The molecule has 1 rings (SSSR count). The highest BCUT2D eigenvalue weighted by molar-refractivity contribution is 7.99. The monoisotopic (exact) mass is 345 g/mol. The standard InChI is InChI=1S/C16H24ClNO3S/c1-4-6-7-16(5-2,15(19)20)10-22-14-9-13(21-3)11(17)8-12(14)18/h8-9H,4-7,10,18H2,1-3H3,(H,19,20). The molecule has 1 unspecified atom stereocenters. The van der Waals surface area contributed by atoms with E-state index >= 15 is 0 Å². The Morgan fingerprint density at radius 3 is 2.64 bits per heavy atom. The van der Waals surface area contributed by atoms with Crippen LogP contribution in [0.15, 0.2) is 17.0 Å². The minimum Gasteiger partial charge on any atom is -0.495 e. The highest BCUT2D eigenvalue weighted by Gasteiger charge is 2.36. The predicted octanol–water partition coefficient (Wildman–Crippen LogP) is 4.69. The van der Waals surface area contributed by atoms with Crippen LogP contribution >= 0.6 is 23.4 Å². The van der Waals surface area contributed by atoms with Gasteiger partial charge in [-0.15, -0.1) is 11.8 Å². The first kappa shape index (κ1) is 19.0. The Morgan fingerprint density at radius 2 is 2.14 bits per heavy atom. The molecule has 124 valence electrons. The molecule has 0 saturated heterocycles. The molecule has 0 spiro atoms. The Bertz CT molecular complexity index is 524. The van der Waals surface area contributed by atoms with Gasteiger partial charge in [-0.05, 0) is 25.0 Å². The number of nitrogen functional groups attached to an aromatic ring is 1. The van der Waals surface area contributed by atoms with Crippen LogP contribution < -0.4 is 10.5 Å². The van der Waals surface area contributed by atoms with Crippen LogP contribution in [0, 0.1) is 5.41 Å². The summed E-state index contributed by atoms with van der Waals surface area (Å²) in [6.07, 6.45) is 3.16. The van der Waals surface area contributed by atoms with Crippen molar-refractivity contribution in [2.45, 2.75) is 44.4 Å². The second kappa shape index (κ2) is 8.53. The van der Waals surface area contributed by atoms with Gasteiger partial charge in [0.2, 0.25) is 0 Å². The van der Waals surface area contributed by atoms with E-state index in [-0.39, 0.29) is 0 Å². The first-order valence-corrected chi connectivity index (χ1v) is 8.75. The molecule has 1 aromatic rings. The second-order valence-electron chi connectivity index (χ2n) is 5.36. The summed E-state index contributed by atoms with van der Waals surface area (Å²) in [5.41, 5.74) is 5.80. The summed E-state index contributed by atoms with van der Waals surface area (Å²) in [5, 5.41) is 10.1. The van der Waals surface area contributed by atoms with E-state index in [2.05, 4.69) is 6.92 Å². The quantitative estimate of drug-likeness (QED) is 0.501. The molecule has 0 amide bonds. The van der Waals surface area contributed by atoms with Crippen molar-refractivity contribution in [2.24, 2.45) is 5.41 Å². The Morgan fingerprint density at radius 1 is 1.45 bits per heavy atom. The van der Waals surface area contributed by atoms with Crippen molar-refractivity contribution in [3.05, 3.63) is 17.2 Å². The van der Waals surface area contributed by atoms with Crippen molar-refractivity contribution >= 4 is 35.0 Å². The summed E-state index contributed by atoms with van der Waals surface area (Å²) in [7, 11) is 1.54. The zero-order chi connectivity index (χ0) is 16.8. The van der Waals surface area contributed by atoms with E-state index in [9.17, 15) is 9.90 Å². The largest absolute Gasteiger partial charge is 0.495 e. The predicted molar refractivity (Wildman–Crippen MR) is 93.0 cm³/mol. The molecule has 0 aliphatic carbocycles. The lowest BCUT2D eigenvalue weighted by Crippen LogP contribution is -2.33. The normalized spacial score (nSPS) is 13.6. The van der Waals surface area contributed by atoms with Gasteiger partial charge in [0.05, 0.1) is 17.5 Å². The molecule has 0 heterocycles. The summed E-state index contributed by atoms with van der Waals surface area (Å²) < 4.78 is 5.19. The first-order chi connectivity index (χ1) is 10.4. The molecule has 0 aliphatic heterocycles. The van der Waals surface area contributed by atoms with Crippen LogP contribution in [-0.2, 0) is 4.79 Å². The number of halogens is 1. The van der Waals surface area contributed by atoms with Crippen molar-refractivity contribution in [3.8, 4) is 5.75 Å². The lowest BCUT2D eigenvalue weighted by atomic mass is 9.82. The number of hydrogen-bond donors (Lipinski definition) is 2. The summed E-state index contributed by atoms with van der Waals surface area (Å²) in [5.74, 6) is 0.285. The number of thioether (sulfide) groups is 1. The molecule has 22 heavy (non-hydrogen) atoms. The van der Waals surface area contributed by atoms with E-state index in [1.165, 1.54) is 11.8 Å². The number of ether oxygens (including phenoxy) is 1. The van der Waals surface area contributed by atoms with Crippen LogP contribution in [0.4, 0.5) is 5.69 Å². The summed E-state index contributed by atoms with van der Waals surface area (Å²) in [6, 6.07) is 3.41. The molecular formula is C16H24ClNO3S. The molecular weight excluding hydrogens is 322 g/mol. The zero-order valence-electron chi connectivity index (χ0n) is 13.3. The summed E-state index contributed by atoms with van der Waals surface area (Å²) in [6.45, 7) is 3.99. The fourth-order valence-corrected chi connectivity index (χ4v) is 3.80. The summed E-state index contributed by atoms with van der Waals surface area (Å²) >= 11 is 7.48. The topological polar surface area (TPSA) is 72.5 Å². The van der Waals surface area contributed by atoms with Crippen LogP contribution in [0.5, 0.6) is 5.75 Å². The van der Waals surface area contributed by atoms with Crippen LogP contribution in [-0.4, -0.2) is 23.9 Å². The number of anilines is 1. The van der Waals surface area contributed by atoms with Gasteiger partial charge in [0, 0.05) is 16.3 Å². The van der Waals surface area contributed by atoms with E-state index in [1.54, 1.807) is 19.2 Å². The highest BCUT2D eigenvalue weighted by Crippen LogP contribution is 2.40. The van der Waals surface area contributed by atoms with E-state index in [0.717, 1.165) is 17.7 Å². The van der Waals surface area contributed by atoms with Gasteiger partial charge in [-0.1, -0.05) is 38.3 Å². The number of carbonyl (C=O) groups is 1. The Labute approximate surface area is 141 Å². The molecule has 0 saturated carbocycles. The molecule has 0 radical (unpaired) electrons. The van der Waals surface area contributed by atoms with E-state index in [0.29, 0.717) is 35.1 Å². The third-order valence-corrected chi connectivity index (χ3v) is 5.58. The number of carboxylic acid groups (broad SMARTS) is 1. The average Bonchev–Trinajstić information content (AvgIpc) is 2.49. The minimum atomic E-state index is -0.740. The third-order valence-electron chi connectivity index (χ3n) is 3.93. The number of unbranched alkanes of at least 4 members (excludes halogenated alkanes) is 1. The maximum Gasteiger partial charge on any atom is 0.310 e. The highest BCUT2D eigenvalue weighted by atomic mass is 35.5. The molecule has 6 heteroatoms. The van der Waals surface area contributed by atoms with Crippen LogP contribution in [0.2, 0.25) is 5.02 Å². The number of rotatable bonds is 9. The lowest BCUT2D eigenvalue weighted by Gasteiger charge is -2.28. The molecule has 1 aromatic carbocycles. The molecule has 4 nitrogen and oxygen atoms in total. The second-order valence-corrected chi connectivity index (χ2v) is 6.78. The van der Waals surface area contributed by atoms with Gasteiger partial charge in [0.15, 0.2) is 0 Å². The Kier molecular flexibility index (Phi) is 7.36. The molecule has 0 aliphatic rings. The number of carboxylic acids is 1. The van der Waals surface area contributed by atoms with Crippen LogP contribution in [0.1, 0.15) is 39.5 Å². The Balaban J connectivity index is 2.95. The van der Waals surface area contributed by atoms with Crippen molar-refractivity contribution < 1.29 is 14.6 Å². The minimum absolute atomic E-state index is 0.454. The van der Waals surface area contributed by atoms with Crippen LogP contribution in [0.25, 0.3) is 0 Å². The molecule has 0 fully saturated rings. The lowest BCUT2D eigenvalue weighted by molar-refractivity contribution is -0.148. The fourth-order valence-electron chi connectivity index (χ4n) is 2.23. The van der Waals surface area contributed by atoms with Gasteiger partial charge >= 0.3 is 5.97 Å². The van der Waals surface area contributed by atoms with Gasteiger partial charge in [-0.2, -0.15) is 0 Å². The van der Waals surface area contributed by atoms with Gasteiger partial charge < -0.3 is 15.6 Å². The summed E-state index contributed by atoms with van der Waals surface area (Å²) in [4.78, 5) is 12.6. The number of aliphatic carboxylic acids is 1. The molecule has 1 atom stereocenters. The average molecular weight is 346 g/mol. The maximum atomic E-state index is 11.8. The number of nitrogens with two attached hydrogens (primary N) is 1. The Hall–Kier alpha value is -1.07. The van der Waals surface area contributed by atoms with E-state index in [1.807, 2.05) is 6.92 Å². The zero-order valence-corrected chi connectivity index (χ0v) is 14.9. The number of benzene rings is 1. The molecule has 3 N–H and O–H groups in total.